The van der Waals surface area contributed by atoms with E-state index in [0.29, 0.717) is 24.1 Å². The Balaban J connectivity index is 1.59. The fraction of sp³-hybridized carbons (Fsp3) is 0.348. The molecule has 2 aromatic carbocycles. The lowest BCUT2D eigenvalue weighted by atomic mass is 9.66. The van der Waals surface area contributed by atoms with Gasteiger partial charge in [0, 0.05) is 30.8 Å². The van der Waals surface area contributed by atoms with Gasteiger partial charge in [0.05, 0.1) is 17.5 Å². The molecule has 4 amide bonds. The number of anilines is 1. The summed E-state index contributed by atoms with van der Waals surface area (Å²) in [5.41, 5.74) is 0.135. The molecule has 2 aromatic rings. The van der Waals surface area contributed by atoms with E-state index in [4.69, 9.17) is 0 Å². The number of halogens is 1. The molecule has 5 rings (SSSR count). The van der Waals surface area contributed by atoms with E-state index >= 15 is 0 Å². The molecule has 0 unspecified atom stereocenters. The number of non-ortho nitro benzene ring substituents is 1. The molecule has 10 heteroatoms. The van der Waals surface area contributed by atoms with E-state index in [9.17, 15) is 28.9 Å². The van der Waals surface area contributed by atoms with Crippen molar-refractivity contribution >= 4 is 29.2 Å². The van der Waals surface area contributed by atoms with Crippen LogP contribution in [0.25, 0.3) is 0 Å². The first kappa shape index (κ1) is 21.0. The van der Waals surface area contributed by atoms with Crippen LogP contribution in [-0.4, -0.2) is 40.3 Å². The zero-order valence-electron chi connectivity index (χ0n) is 17.6. The maximum atomic E-state index is 13.9. The number of nitrogens with one attached hydrogen (secondary N) is 1. The summed E-state index contributed by atoms with van der Waals surface area (Å²) < 4.78 is 13.3. The zero-order chi connectivity index (χ0) is 23.3. The van der Waals surface area contributed by atoms with Crippen LogP contribution in [-0.2, 0) is 22.6 Å². The van der Waals surface area contributed by atoms with Crippen molar-refractivity contribution in [1.82, 2.24) is 10.2 Å². The molecule has 0 saturated carbocycles. The summed E-state index contributed by atoms with van der Waals surface area (Å²) in [5, 5.41) is 13.7. The zero-order valence-corrected chi connectivity index (χ0v) is 17.6. The molecule has 3 aliphatic heterocycles. The van der Waals surface area contributed by atoms with Crippen LogP contribution < -0.4 is 10.2 Å². The second-order valence-electron chi connectivity index (χ2n) is 8.70. The van der Waals surface area contributed by atoms with Crippen molar-refractivity contribution in [3.63, 3.8) is 0 Å². The Hall–Kier alpha value is -3.82. The number of amides is 4. The number of imide groups is 2. The van der Waals surface area contributed by atoms with Gasteiger partial charge in [-0.05, 0) is 48.6 Å². The van der Waals surface area contributed by atoms with Crippen LogP contribution in [0.15, 0.2) is 42.5 Å². The minimum absolute atomic E-state index is 0.0386. The van der Waals surface area contributed by atoms with E-state index < -0.39 is 40.0 Å². The van der Waals surface area contributed by atoms with Crippen molar-refractivity contribution in [1.29, 1.82) is 0 Å². The summed E-state index contributed by atoms with van der Waals surface area (Å²) in [6, 6.07) is 8.63. The molecular formula is C23H21FN4O5. The molecule has 3 heterocycles. The van der Waals surface area contributed by atoms with Crippen LogP contribution in [0.1, 0.15) is 30.4 Å². The number of piperidine rings is 1. The van der Waals surface area contributed by atoms with Gasteiger partial charge in [0.15, 0.2) is 5.41 Å². The molecule has 0 radical (unpaired) electrons. The summed E-state index contributed by atoms with van der Waals surface area (Å²) in [7, 11) is 0. The number of hydrogen-bond acceptors (Lipinski definition) is 6. The number of carbonyl (C=O) groups excluding carboxylic acids is 3. The number of benzene rings is 2. The Morgan fingerprint density at radius 2 is 1.88 bits per heavy atom. The quantitative estimate of drug-likeness (QED) is 0.435. The Morgan fingerprint density at radius 1 is 1.12 bits per heavy atom. The van der Waals surface area contributed by atoms with Crippen molar-refractivity contribution < 1.29 is 23.7 Å². The average Bonchev–Trinajstić information content (AvgIpc) is 2.81. The number of barbiturate groups is 1. The molecule has 2 saturated heterocycles. The fourth-order valence-electron chi connectivity index (χ4n) is 5.33. The minimum atomic E-state index is -1.59. The van der Waals surface area contributed by atoms with Crippen LogP contribution in [0.5, 0.6) is 0 Å². The monoisotopic (exact) mass is 452 g/mol. The Labute approximate surface area is 188 Å². The Bertz CT molecular complexity index is 1180. The van der Waals surface area contributed by atoms with Crippen molar-refractivity contribution in [2.45, 2.75) is 38.3 Å². The second-order valence-corrected chi connectivity index (χ2v) is 8.70. The molecule has 2 atom stereocenters. The third-order valence-corrected chi connectivity index (χ3v) is 6.88. The topological polar surface area (TPSA) is 113 Å². The van der Waals surface area contributed by atoms with Gasteiger partial charge in [-0.1, -0.05) is 12.1 Å². The third-order valence-electron chi connectivity index (χ3n) is 6.88. The van der Waals surface area contributed by atoms with Crippen molar-refractivity contribution in [2.24, 2.45) is 5.41 Å². The number of nitrogens with zero attached hydrogens (tertiary/aromatic N) is 3. The average molecular weight is 452 g/mol. The number of nitro benzene ring substituents is 1. The number of rotatable bonds is 3. The first-order valence-electron chi connectivity index (χ1n) is 10.8. The van der Waals surface area contributed by atoms with Gasteiger partial charge in [0.25, 0.3) is 5.69 Å². The first-order chi connectivity index (χ1) is 15.8. The standard InChI is InChI=1S/C23H21FN4O5/c24-16-6-4-14(5-7-16)13-27-21(30)23(20(29)25-22(27)31)12-15-11-17(28(32)33)8-9-18(15)26-10-2-1-3-19(23)26/h4-9,11,19H,1-3,10,12-13H2,(H,25,29,31)/t19-,23-/m1/s1. The fourth-order valence-corrected chi connectivity index (χ4v) is 5.33. The summed E-state index contributed by atoms with van der Waals surface area (Å²) in [4.78, 5) is 53.7. The highest BCUT2D eigenvalue weighted by atomic mass is 19.1. The minimum Gasteiger partial charge on any atom is -0.367 e. The Morgan fingerprint density at radius 3 is 2.61 bits per heavy atom. The normalized spacial score (nSPS) is 24.4. The van der Waals surface area contributed by atoms with Gasteiger partial charge < -0.3 is 4.90 Å². The lowest BCUT2D eigenvalue weighted by Gasteiger charge is -2.53. The molecular weight excluding hydrogens is 431 g/mol. The van der Waals surface area contributed by atoms with Crippen molar-refractivity contribution in [2.75, 3.05) is 11.4 Å². The van der Waals surface area contributed by atoms with E-state index in [-0.39, 0.29) is 18.7 Å². The van der Waals surface area contributed by atoms with E-state index in [1.165, 1.54) is 36.4 Å². The molecule has 3 aliphatic rings. The number of hydrogen-bond donors (Lipinski definition) is 1. The smallest absolute Gasteiger partial charge is 0.331 e. The second kappa shape index (κ2) is 7.65. The summed E-state index contributed by atoms with van der Waals surface area (Å²) in [6.45, 7) is 0.484. The van der Waals surface area contributed by atoms with E-state index in [1.54, 1.807) is 6.07 Å². The first-order valence-corrected chi connectivity index (χ1v) is 10.8. The summed E-state index contributed by atoms with van der Waals surface area (Å²) >= 11 is 0. The molecule has 0 bridgehead atoms. The highest BCUT2D eigenvalue weighted by molar-refractivity contribution is 6.20. The highest BCUT2D eigenvalue weighted by Crippen LogP contribution is 2.48. The highest BCUT2D eigenvalue weighted by Gasteiger charge is 2.62. The van der Waals surface area contributed by atoms with Crippen LogP contribution in [0, 0.1) is 21.3 Å². The maximum absolute atomic E-state index is 13.9. The largest absolute Gasteiger partial charge is 0.367 e. The molecule has 33 heavy (non-hydrogen) atoms. The van der Waals surface area contributed by atoms with E-state index in [2.05, 4.69) is 5.32 Å². The predicted octanol–water partition coefficient (Wildman–Crippen LogP) is 2.91. The number of nitro groups is 1. The van der Waals surface area contributed by atoms with Gasteiger partial charge in [0.2, 0.25) is 11.8 Å². The summed E-state index contributed by atoms with van der Waals surface area (Å²) in [6.07, 6.45) is 2.21. The SMILES string of the molecule is O=C1NC(=O)[C@]2(Cc3cc([N+](=O)[O-])ccc3N3CCCC[C@@H]32)C(=O)N1Cc1ccc(F)cc1. The maximum Gasteiger partial charge on any atom is 0.331 e. The van der Waals surface area contributed by atoms with Gasteiger partial charge in [0.1, 0.15) is 5.82 Å². The molecule has 1 spiro atoms. The molecule has 1 N–H and O–H groups in total. The number of carbonyl (C=O) groups is 3. The molecule has 0 aliphatic carbocycles. The van der Waals surface area contributed by atoms with Gasteiger partial charge >= 0.3 is 6.03 Å². The van der Waals surface area contributed by atoms with E-state index in [1.807, 2.05) is 4.90 Å². The Kier molecular flexibility index (Phi) is 4.88. The van der Waals surface area contributed by atoms with Crippen LogP contribution >= 0.6 is 0 Å². The number of urea groups is 1. The summed E-state index contributed by atoms with van der Waals surface area (Å²) in [5.74, 6) is -1.75. The van der Waals surface area contributed by atoms with Crippen molar-refractivity contribution in [3.05, 3.63) is 69.5 Å². The lowest BCUT2D eigenvalue weighted by molar-refractivity contribution is -0.384. The number of fused-ring (bicyclic) bond motifs is 4. The third kappa shape index (κ3) is 3.24. The van der Waals surface area contributed by atoms with Crippen LogP contribution in [0.2, 0.25) is 0 Å². The molecule has 2 fully saturated rings. The molecule has 9 nitrogen and oxygen atoms in total. The van der Waals surface area contributed by atoms with Crippen LogP contribution in [0.4, 0.5) is 20.6 Å². The van der Waals surface area contributed by atoms with Gasteiger partial charge in [-0.3, -0.25) is 29.9 Å². The van der Waals surface area contributed by atoms with E-state index in [0.717, 1.165) is 23.4 Å². The van der Waals surface area contributed by atoms with Gasteiger partial charge in [-0.25, -0.2) is 9.18 Å². The molecule has 170 valence electrons. The molecule has 0 aromatic heterocycles. The van der Waals surface area contributed by atoms with Crippen molar-refractivity contribution in [3.8, 4) is 0 Å². The lowest BCUT2D eigenvalue weighted by Crippen LogP contribution is -2.72. The van der Waals surface area contributed by atoms with Crippen LogP contribution in [0.3, 0.4) is 0 Å². The van der Waals surface area contributed by atoms with Gasteiger partial charge in [-0.15, -0.1) is 0 Å². The van der Waals surface area contributed by atoms with Gasteiger partial charge in [-0.2, -0.15) is 0 Å². The predicted molar refractivity (Wildman–Crippen MR) is 115 cm³/mol.